The molecular weight excluding hydrogens is 256 g/mol. The molecule has 1 atom stereocenters. The molecule has 21 heavy (non-hydrogen) atoms. The standard InChI is InChI=1S/C19H42N2/c1-9-19(8,14-20-18(6)7)15-21(12-10-16(2)3)13-11-17(4)5/h16-18,20H,9-15H2,1-8H3. The first kappa shape index (κ1) is 20.9. The monoisotopic (exact) mass is 298 g/mol. The fraction of sp³-hybridized carbons (Fsp3) is 1.00. The van der Waals surface area contributed by atoms with Crippen molar-refractivity contribution in [2.45, 2.75) is 80.7 Å². The lowest BCUT2D eigenvalue weighted by Crippen LogP contribution is -2.44. The molecule has 0 aromatic rings. The van der Waals surface area contributed by atoms with Gasteiger partial charge in [0.25, 0.3) is 0 Å². The maximum absolute atomic E-state index is 3.65. The molecule has 128 valence electrons. The predicted molar refractivity (Wildman–Crippen MR) is 96.9 cm³/mol. The minimum absolute atomic E-state index is 0.387. The Kier molecular flexibility index (Phi) is 10.6. The van der Waals surface area contributed by atoms with Gasteiger partial charge in [-0.1, -0.05) is 55.4 Å². The highest BCUT2D eigenvalue weighted by Gasteiger charge is 2.25. The molecule has 0 aliphatic carbocycles. The average molecular weight is 299 g/mol. The first-order valence-corrected chi connectivity index (χ1v) is 9.14. The number of hydrogen-bond acceptors (Lipinski definition) is 2. The summed E-state index contributed by atoms with van der Waals surface area (Å²) in [6, 6.07) is 0.579. The minimum atomic E-state index is 0.387. The summed E-state index contributed by atoms with van der Waals surface area (Å²) in [6.07, 6.45) is 3.87. The highest BCUT2D eigenvalue weighted by Crippen LogP contribution is 2.23. The summed E-state index contributed by atoms with van der Waals surface area (Å²) in [7, 11) is 0. The summed E-state index contributed by atoms with van der Waals surface area (Å²) >= 11 is 0. The Morgan fingerprint density at radius 2 is 1.38 bits per heavy atom. The quantitative estimate of drug-likeness (QED) is 0.557. The van der Waals surface area contributed by atoms with Crippen LogP contribution in [0.5, 0.6) is 0 Å². The van der Waals surface area contributed by atoms with Crippen molar-refractivity contribution in [3.05, 3.63) is 0 Å². The summed E-state index contributed by atoms with van der Waals surface area (Å²) in [5.74, 6) is 1.60. The summed E-state index contributed by atoms with van der Waals surface area (Å²) in [5.41, 5.74) is 0.387. The van der Waals surface area contributed by atoms with E-state index < -0.39 is 0 Å². The topological polar surface area (TPSA) is 15.3 Å². The minimum Gasteiger partial charge on any atom is -0.314 e. The van der Waals surface area contributed by atoms with Crippen LogP contribution in [0.2, 0.25) is 0 Å². The van der Waals surface area contributed by atoms with Gasteiger partial charge >= 0.3 is 0 Å². The van der Waals surface area contributed by atoms with Crippen molar-refractivity contribution < 1.29 is 0 Å². The van der Waals surface area contributed by atoms with Crippen molar-refractivity contribution in [2.24, 2.45) is 17.3 Å². The Morgan fingerprint density at radius 3 is 1.71 bits per heavy atom. The van der Waals surface area contributed by atoms with Crippen LogP contribution in [0.4, 0.5) is 0 Å². The number of rotatable bonds is 12. The van der Waals surface area contributed by atoms with Gasteiger partial charge in [-0.3, -0.25) is 0 Å². The van der Waals surface area contributed by atoms with Gasteiger partial charge in [0.1, 0.15) is 0 Å². The van der Waals surface area contributed by atoms with E-state index in [1.165, 1.54) is 38.9 Å². The second kappa shape index (κ2) is 10.6. The molecule has 0 saturated carbocycles. The van der Waals surface area contributed by atoms with Crippen LogP contribution in [0.3, 0.4) is 0 Å². The lowest BCUT2D eigenvalue weighted by atomic mass is 9.86. The van der Waals surface area contributed by atoms with Crippen molar-refractivity contribution in [3.8, 4) is 0 Å². The molecule has 0 saturated heterocycles. The number of hydrogen-bond donors (Lipinski definition) is 1. The smallest absolute Gasteiger partial charge is 0.00474 e. The van der Waals surface area contributed by atoms with Crippen LogP contribution < -0.4 is 5.32 Å². The largest absolute Gasteiger partial charge is 0.314 e. The van der Waals surface area contributed by atoms with Crippen LogP contribution in [0, 0.1) is 17.3 Å². The lowest BCUT2D eigenvalue weighted by Gasteiger charge is -2.36. The zero-order valence-corrected chi connectivity index (χ0v) is 16.1. The van der Waals surface area contributed by atoms with E-state index in [2.05, 4.69) is 65.6 Å². The van der Waals surface area contributed by atoms with E-state index in [4.69, 9.17) is 0 Å². The van der Waals surface area contributed by atoms with Gasteiger partial charge in [0.05, 0.1) is 0 Å². The maximum atomic E-state index is 3.65. The Labute approximate surface area is 135 Å². The summed E-state index contributed by atoms with van der Waals surface area (Å²) in [6.45, 7) is 23.5. The number of nitrogens with one attached hydrogen (secondary N) is 1. The normalized spacial score (nSPS) is 15.4. The summed E-state index contributed by atoms with van der Waals surface area (Å²) in [4.78, 5) is 2.71. The molecule has 0 aromatic carbocycles. The molecule has 0 aliphatic heterocycles. The molecule has 2 heteroatoms. The van der Waals surface area contributed by atoms with Crippen LogP contribution in [0.15, 0.2) is 0 Å². The molecule has 0 heterocycles. The highest BCUT2D eigenvalue weighted by molar-refractivity contribution is 4.81. The zero-order chi connectivity index (χ0) is 16.5. The van der Waals surface area contributed by atoms with Crippen LogP contribution in [-0.2, 0) is 0 Å². The molecule has 2 nitrogen and oxygen atoms in total. The van der Waals surface area contributed by atoms with Gasteiger partial charge in [-0.15, -0.1) is 0 Å². The molecule has 0 bridgehead atoms. The van der Waals surface area contributed by atoms with E-state index in [1.54, 1.807) is 0 Å². The van der Waals surface area contributed by atoms with Crippen molar-refractivity contribution in [3.63, 3.8) is 0 Å². The van der Waals surface area contributed by atoms with Gasteiger partial charge in [0.15, 0.2) is 0 Å². The van der Waals surface area contributed by atoms with E-state index in [1.807, 2.05) is 0 Å². The van der Waals surface area contributed by atoms with Crippen LogP contribution >= 0.6 is 0 Å². The van der Waals surface area contributed by atoms with Crippen molar-refractivity contribution in [2.75, 3.05) is 26.2 Å². The third kappa shape index (κ3) is 11.2. The molecular formula is C19H42N2. The van der Waals surface area contributed by atoms with Gasteiger partial charge in [-0.2, -0.15) is 0 Å². The van der Waals surface area contributed by atoms with E-state index >= 15 is 0 Å². The second-order valence-corrected chi connectivity index (χ2v) is 8.34. The molecule has 0 rings (SSSR count). The van der Waals surface area contributed by atoms with Gasteiger partial charge in [-0.25, -0.2) is 0 Å². The van der Waals surface area contributed by atoms with Crippen LogP contribution in [-0.4, -0.2) is 37.1 Å². The predicted octanol–water partition coefficient (Wildman–Crippen LogP) is 4.79. The Morgan fingerprint density at radius 1 is 0.905 bits per heavy atom. The van der Waals surface area contributed by atoms with Gasteiger partial charge in [-0.05, 0) is 49.6 Å². The molecule has 0 amide bonds. The third-order valence-corrected chi connectivity index (χ3v) is 4.44. The van der Waals surface area contributed by atoms with E-state index in [9.17, 15) is 0 Å². The van der Waals surface area contributed by atoms with Crippen LogP contribution in [0.25, 0.3) is 0 Å². The third-order valence-electron chi connectivity index (χ3n) is 4.44. The fourth-order valence-corrected chi connectivity index (χ4v) is 2.43. The number of nitrogens with zero attached hydrogens (tertiary/aromatic N) is 1. The molecule has 0 aliphatic rings. The summed E-state index contributed by atoms with van der Waals surface area (Å²) in [5, 5.41) is 3.65. The maximum Gasteiger partial charge on any atom is 0.00474 e. The molecule has 1 N–H and O–H groups in total. The van der Waals surface area contributed by atoms with E-state index in [0.29, 0.717) is 11.5 Å². The molecule has 0 aromatic heterocycles. The molecule has 0 spiro atoms. The van der Waals surface area contributed by atoms with Gasteiger partial charge in [0, 0.05) is 19.1 Å². The zero-order valence-electron chi connectivity index (χ0n) is 16.1. The van der Waals surface area contributed by atoms with Crippen molar-refractivity contribution >= 4 is 0 Å². The lowest BCUT2D eigenvalue weighted by molar-refractivity contribution is 0.141. The first-order valence-electron chi connectivity index (χ1n) is 9.14. The summed E-state index contributed by atoms with van der Waals surface area (Å²) < 4.78 is 0. The molecule has 1 unspecified atom stereocenters. The van der Waals surface area contributed by atoms with Gasteiger partial charge < -0.3 is 10.2 Å². The van der Waals surface area contributed by atoms with Crippen molar-refractivity contribution in [1.29, 1.82) is 0 Å². The molecule has 0 radical (unpaired) electrons. The van der Waals surface area contributed by atoms with E-state index in [-0.39, 0.29) is 0 Å². The fourth-order valence-electron chi connectivity index (χ4n) is 2.43. The van der Waals surface area contributed by atoms with E-state index in [0.717, 1.165) is 18.4 Å². The van der Waals surface area contributed by atoms with Crippen molar-refractivity contribution in [1.82, 2.24) is 10.2 Å². The average Bonchev–Trinajstić information content (AvgIpc) is 2.39. The first-order chi connectivity index (χ1) is 9.68. The van der Waals surface area contributed by atoms with Gasteiger partial charge in [0.2, 0.25) is 0 Å². The Balaban J connectivity index is 4.55. The Bertz CT molecular complexity index is 236. The molecule has 0 fully saturated rings. The second-order valence-electron chi connectivity index (χ2n) is 8.34. The SMILES string of the molecule is CCC(C)(CNC(C)C)CN(CCC(C)C)CCC(C)C. The highest BCUT2D eigenvalue weighted by atomic mass is 15.1. The Hall–Kier alpha value is -0.0800. The van der Waals surface area contributed by atoms with Crippen LogP contribution in [0.1, 0.15) is 74.7 Å².